The number of nitriles is 1. The molecule has 0 aliphatic carbocycles. The molecule has 428 valence electrons. The van der Waals surface area contributed by atoms with Crippen molar-refractivity contribution >= 4 is 110 Å². The highest BCUT2D eigenvalue weighted by molar-refractivity contribution is 6.24. The highest BCUT2D eigenvalue weighted by Crippen LogP contribution is 2.48. The molecule has 1 N–H and O–H groups in total. The van der Waals surface area contributed by atoms with E-state index in [2.05, 4.69) is 321 Å². The van der Waals surface area contributed by atoms with Crippen LogP contribution in [0.4, 0.5) is 5.69 Å². The number of aromatic nitrogens is 4. The lowest BCUT2D eigenvalue weighted by Gasteiger charge is -2.29. The Kier molecular flexibility index (Phi) is 11.4. The molecule has 5 heterocycles. The first-order chi connectivity index (χ1) is 45.6. The Morgan fingerprint density at radius 3 is 1.14 bits per heavy atom. The van der Waals surface area contributed by atoms with Gasteiger partial charge in [-0.05, 0) is 148 Å². The van der Waals surface area contributed by atoms with Gasteiger partial charge in [-0.15, -0.1) is 0 Å². The molecule has 0 spiro atoms. The molecular weight excluding hydrogens is 1120 g/mol. The summed E-state index contributed by atoms with van der Waals surface area (Å²) in [6, 6.07) is 114. The van der Waals surface area contributed by atoms with Gasteiger partial charge in [0.15, 0.2) is 0 Å². The lowest BCUT2D eigenvalue weighted by molar-refractivity contribution is 0.755. The maximum absolute atomic E-state index is 10.3. The van der Waals surface area contributed by atoms with E-state index in [0.29, 0.717) is 5.56 Å². The van der Waals surface area contributed by atoms with Gasteiger partial charge in [-0.2, -0.15) is 5.26 Å². The van der Waals surface area contributed by atoms with Crippen LogP contribution in [-0.2, 0) is 0 Å². The summed E-state index contributed by atoms with van der Waals surface area (Å²) >= 11 is 0. The van der Waals surface area contributed by atoms with E-state index in [1.165, 1.54) is 54.5 Å². The van der Waals surface area contributed by atoms with Gasteiger partial charge >= 0.3 is 0 Å². The fourth-order valence-electron chi connectivity index (χ4n) is 15.5. The molecular formula is C85H53N7. The second-order valence-corrected chi connectivity index (χ2v) is 24.1. The first kappa shape index (κ1) is 51.5. The average Bonchev–Trinajstić information content (AvgIpc) is 1.54. The number of amidine groups is 1. The highest BCUT2D eigenvalue weighted by atomic mass is 15.1. The van der Waals surface area contributed by atoms with E-state index in [1.807, 2.05) is 18.2 Å². The largest absolute Gasteiger partial charge is 0.359 e. The average molecular weight is 1170 g/mol. The van der Waals surface area contributed by atoms with Crippen molar-refractivity contribution < 1.29 is 0 Å². The summed E-state index contributed by atoms with van der Waals surface area (Å²) in [5, 5.41) is 26.1. The minimum Gasteiger partial charge on any atom is -0.359 e. The van der Waals surface area contributed by atoms with E-state index in [1.54, 1.807) is 0 Å². The number of fused-ring (bicyclic) bond motifs is 15. The van der Waals surface area contributed by atoms with E-state index in [0.717, 1.165) is 117 Å². The minimum atomic E-state index is -0.332. The second kappa shape index (κ2) is 20.3. The zero-order valence-electron chi connectivity index (χ0n) is 49.7. The number of para-hydroxylation sites is 6. The lowest BCUT2D eigenvalue weighted by atomic mass is 9.90. The number of benzene rings is 14. The van der Waals surface area contributed by atoms with Gasteiger partial charge in [0.25, 0.3) is 0 Å². The van der Waals surface area contributed by atoms with Crippen molar-refractivity contribution in [3.8, 4) is 51.1 Å². The molecule has 7 heteroatoms. The van der Waals surface area contributed by atoms with Gasteiger partial charge in [-0.1, -0.05) is 200 Å². The number of hydrogen-bond donors (Lipinski definition) is 1. The zero-order valence-corrected chi connectivity index (χ0v) is 49.7. The van der Waals surface area contributed by atoms with Gasteiger partial charge in [-0.3, -0.25) is 0 Å². The number of rotatable bonds is 8. The van der Waals surface area contributed by atoms with E-state index in [4.69, 9.17) is 4.99 Å². The number of nitrogens with one attached hydrogen (secondary N) is 1. The quantitative estimate of drug-likeness (QED) is 0.165. The van der Waals surface area contributed by atoms with Crippen molar-refractivity contribution in [1.29, 1.82) is 5.26 Å². The summed E-state index contributed by atoms with van der Waals surface area (Å²) in [4.78, 5) is 5.66. The predicted octanol–water partition coefficient (Wildman–Crippen LogP) is 21.2. The highest BCUT2D eigenvalue weighted by Gasteiger charge is 2.30. The molecule has 1 aliphatic heterocycles. The molecule has 0 radical (unpaired) electrons. The molecule has 18 aromatic rings. The maximum atomic E-state index is 10.3. The summed E-state index contributed by atoms with van der Waals surface area (Å²) in [7, 11) is 0. The van der Waals surface area contributed by atoms with Gasteiger partial charge in [0.2, 0.25) is 0 Å². The molecule has 0 bridgehead atoms. The van der Waals surface area contributed by atoms with Crippen LogP contribution in [0.25, 0.3) is 143 Å². The first-order valence-corrected chi connectivity index (χ1v) is 31.4. The van der Waals surface area contributed by atoms with Crippen molar-refractivity contribution in [2.75, 3.05) is 0 Å². The van der Waals surface area contributed by atoms with Crippen molar-refractivity contribution in [3.05, 3.63) is 332 Å². The molecule has 7 nitrogen and oxygen atoms in total. The third kappa shape index (κ3) is 7.65. The second-order valence-electron chi connectivity index (χ2n) is 24.1. The SMILES string of the molecule is N#Cc1cccc(C2NC(c3cc(-n4c5ccccc5c5c(-c6cccc7c6c6ccccc6n7-c6ccccc6)cccc54)cc(-n4c5ccccc5c5c(-c6cccc7c6c6ccccc6n7-c6ccccc6)cccc54)c3)=Nc3ccc4ccccc4c32)c1. The van der Waals surface area contributed by atoms with Gasteiger partial charge < -0.3 is 23.6 Å². The zero-order chi connectivity index (χ0) is 60.5. The fraction of sp³-hybridized carbons (Fsp3) is 0.0118. The predicted molar refractivity (Wildman–Crippen MR) is 381 cm³/mol. The Morgan fingerprint density at radius 1 is 0.315 bits per heavy atom. The van der Waals surface area contributed by atoms with Crippen LogP contribution in [0.3, 0.4) is 0 Å². The van der Waals surface area contributed by atoms with Crippen LogP contribution in [0.1, 0.15) is 28.3 Å². The molecule has 0 fully saturated rings. The molecule has 14 aromatic carbocycles. The third-order valence-corrected chi connectivity index (χ3v) is 19.2. The minimum absolute atomic E-state index is 0.332. The van der Waals surface area contributed by atoms with Gasteiger partial charge in [0.1, 0.15) is 5.84 Å². The van der Waals surface area contributed by atoms with Crippen LogP contribution in [0, 0.1) is 11.3 Å². The fourth-order valence-corrected chi connectivity index (χ4v) is 15.5. The van der Waals surface area contributed by atoms with Crippen molar-refractivity contribution in [2.45, 2.75) is 6.04 Å². The molecule has 1 unspecified atom stereocenters. The van der Waals surface area contributed by atoms with Crippen LogP contribution in [0.2, 0.25) is 0 Å². The van der Waals surface area contributed by atoms with E-state index in [-0.39, 0.29) is 6.04 Å². The Hall–Kier alpha value is -12.5. The smallest absolute Gasteiger partial charge is 0.134 e. The topological polar surface area (TPSA) is 67.9 Å². The lowest BCUT2D eigenvalue weighted by Crippen LogP contribution is -2.33. The molecule has 1 atom stereocenters. The van der Waals surface area contributed by atoms with E-state index >= 15 is 0 Å². The van der Waals surface area contributed by atoms with E-state index in [9.17, 15) is 5.26 Å². The molecule has 0 amide bonds. The van der Waals surface area contributed by atoms with Crippen LogP contribution < -0.4 is 5.32 Å². The normalized spacial score (nSPS) is 13.2. The van der Waals surface area contributed by atoms with Crippen molar-refractivity contribution in [2.24, 2.45) is 4.99 Å². The number of nitrogens with zero attached hydrogens (tertiary/aromatic N) is 6. The maximum Gasteiger partial charge on any atom is 0.134 e. The van der Waals surface area contributed by atoms with Gasteiger partial charge in [0, 0.05) is 77.0 Å². The Balaban J connectivity index is 0.886. The molecule has 19 rings (SSSR count). The van der Waals surface area contributed by atoms with Crippen LogP contribution in [0.5, 0.6) is 0 Å². The summed E-state index contributed by atoms with van der Waals surface area (Å²) in [6.45, 7) is 0. The first-order valence-electron chi connectivity index (χ1n) is 31.4. The van der Waals surface area contributed by atoms with Crippen molar-refractivity contribution in [3.63, 3.8) is 0 Å². The molecule has 92 heavy (non-hydrogen) atoms. The summed E-state index contributed by atoms with van der Waals surface area (Å²) in [5.41, 5.74) is 22.4. The van der Waals surface area contributed by atoms with Crippen molar-refractivity contribution in [1.82, 2.24) is 23.6 Å². The Bertz CT molecular complexity index is 5890. The van der Waals surface area contributed by atoms with Gasteiger partial charge in [-0.25, -0.2) is 4.99 Å². The third-order valence-electron chi connectivity index (χ3n) is 19.2. The summed E-state index contributed by atoms with van der Waals surface area (Å²) in [6.07, 6.45) is 0. The number of aliphatic imine (C=N–C) groups is 1. The van der Waals surface area contributed by atoms with E-state index < -0.39 is 0 Å². The Labute approximate surface area is 529 Å². The summed E-state index contributed by atoms with van der Waals surface area (Å²) in [5.74, 6) is 0.731. The molecule has 1 aliphatic rings. The van der Waals surface area contributed by atoms with Crippen LogP contribution >= 0.6 is 0 Å². The Morgan fingerprint density at radius 2 is 0.696 bits per heavy atom. The molecule has 0 saturated carbocycles. The van der Waals surface area contributed by atoms with Gasteiger partial charge in [0.05, 0.1) is 67.5 Å². The molecule has 0 saturated heterocycles. The monoisotopic (exact) mass is 1170 g/mol. The van der Waals surface area contributed by atoms with Crippen LogP contribution in [-0.4, -0.2) is 24.1 Å². The standard InChI is InChI=1S/C85H53N7/c86-52-53-22-17-24-55(48-53)84-83-61-29-8-7-23-54(61)46-47-70(83)87-85(88-84)56-49-59(91-73-40-15-11-32-68(73)81-64(36-20-44-77(81)91)62-34-18-42-75-79(62)66-30-9-13-38-71(66)89(75)57-25-3-1-4-26-57)51-60(50-56)92-74-41-16-12-33-69(74)82-65(37-21-45-78(82)92)63-35-19-43-76-80(63)67-31-10-14-39-72(67)90(76)58-27-5-2-6-28-58/h1-51,84H,(H,87,88). The van der Waals surface area contributed by atoms with Crippen LogP contribution in [0.15, 0.2) is 314 Å². The summed E-state index contributed by atoms with van der Waals surface area (Å²) < 4.78 is 9.74. The molecule has 4 aromatic heterocycles. The number of hydrogen-bond acceptors (Lipinski definition) is 3.